The Morgan fingerprint density at radius 1 is 1.26 bits per heavy atom. The predicted molar refractivity (Wildman–Crippen MR) is 112 cm³/mol. The minimum absolute atomic E-state index is 0.0626. The molecule has 0 aliphatic carbocycles. The topological polar surface area (TPSA) is 63.8 Å². The van der Waals surface area contributed by atoms with Gasteiger partial charge in [-0.25, -0.2) is 0 Å². The van der Waals surface area contributed by atoms with Gasteiger partial charge in [0.25, 0.3) is 0 Å². The molecule has 0 bridgehead atoms. The van der Waals surface area contributed by atoms with Gasteiger partial charge >= 0.3 is 0 Å². The van der Waals surface area contributed by atoms with Crippen molar-refractivity contribution < 1.29 is 9.84 Å². The van der Waals surface area contributed by atoms with Crippen LogP contribution in [0.3, 0.4) is 0 Å². The van der Waals surface area contributed by atoms with Crippen molar-refractivity contribution in [2.45, 2.75) is 33.7 Å². The van der Waals surface area contributed by atoms with Crippen LogP contribution in [-0.4, -0.2) is 16.3 Å². The SMILES string of the molecule is Cc1cc(Br)cc2c(N=O)c(O)n(Cc3ccccc3OCCC(C)C)c12. The molecule has 3 rings (SSSR count). The molecule has 0 aliphatic heterocycles. The molecular formula is C21H23BrN2O3. The van der Waals surface area contributed by atoms with Crippen molar-refractivity contribution in [2.75, 3.05) is 6.61 Å². The Morgan fingerprint density at radius 2 is 2.00 bits per heavy atom. The van der Waals surface area contributed by atoms with Gasteiger partial charge in [-0.05, 0) is 48.2 Å². The van der Waals surface area contributed by atoms with Crippen molar-refractivity contribution >= 4 is 32.5 Å². The summed E-state index contributed by atoms with van der Waals surface area (Å²) in [6.07, 6.45) is 0.971. The Hall–Kier alpha value is -2.34. The number of ether oxygens (including phenoxy) is 1. The molecule has 142 valence electrons. The Balaban J connectivity index is 2.03. The van der Waals surface area contributed by atoms with Gasteiger partial charge in [0, 0.05) is 15.4 Å². The average molecular weight is 431 g/mol. The second-order valence-corrected chi connectivity index (χ2v) is 8.02. The van der Waals surface area contributed by atoms with E-state index in [1.165, 1.54) is 0 Å². The summed E-state index contributed by atoms with van der Waals surface area (Å²) in [6.45, 7) is 7.29. The van der Waals surface area contributed by atoms with E-state index in [1.54, 1.807) is 10.6 Å². The van der Waals surface area contributed by atoms with Crippen molar-refractivity contribution in [1.29, 1.82) is 0 Å². The first kappa shape index (κ1) is 19.4. The third-order valence-corrected chi connectivity index (χ3v) is 5.06. The van der Waals surface area contributed by atoms with E-state index in [9.17, 15) is 10.0 Å². The zero-order valence-corrected chi connectivity index (χ0v) is 17.3. The summed E-state index contributed by atoms with van der Waals surface area (Å²) in [5.41, 5.74) is 2.74. The normalized spacial score (nSPS) is 11.3. The van der Waals surface area contributed by atoms with Crippen molar-refractivity contribution in [3.05, 3.63) is 56.9 Å². The molecule has 6 heteroatoms. The van der Waals surface area contributed by atoms with Gasteiger partial charge < -0.3 is 14.4 Å². The summed E-state index contributed by atoms with van der Waals surface area (Å²) in [6, 6.07) is 11.5. The molecule has 0 amide bonds. The van der Waals surface area contributed by atoms with Crippen LogP contribution in [-0.2, 0) is 6.54 Å². The van der Waals surface area contributed by atoms with E-state index in [-0.39, 0.29) is 11.6 Å². The fraction of sp³-hybridized carbons (Fsp3) is 0.333. The molecule has 0 radical (unpaired) electrons. The molecule has 2 aromatic carbocycles. The minimum Gasteiger partial charge on any atom is -0.493 e. The van der Waals surface area contributed by atoms with Gasteiger partial charge in [0.15, 0.2) is 5.69 Å². The molecule has 3 aromatic rings. The van der Waals surface area contributed by atoms with Crippen LogP contribution >= 0.6 is 15.9 Å². The fourth-order valence-corrected chi connectivity index (χ4v) is 3.79. The van der Waals surface area contributed by atoms with Crippen LogP contribution < -0.4 is 4.74 Å². The smallest absolute Gasteiger partial charge is 0.222 e. The molecule has 1 N–H and O–H groups in total. The lowest BCUT2D eigenvalue weighted by Gasteiger charge is -2.15. The number of halogens is 1. The van der Waals surface area contributed by atoms with Crippen LogP contribution in [0, 0.1) is 17.7 Å². The molecule has 1 heterocycles. The molecule has 1 aromatic heterocycles. The fourth-order valence-electron chi connectivity index (χ4n) is 3.22. The highest BCUT2D eigenvalue weighted by Crippen LogP contribution is 2.42. The number of aromatic hydroxyl groups is 1. The van der Waals surface area contributed by atoms with Crippen molar-refractivity contribution in [1.82, 2.24) is 4.57 Å². The summed E-state index contributed by atoms with van der Waals surface area (Å²) in [7, 11) is 0. The number of hydrogen-bond acceptors (Lipinski definition) is 4. The predicted octanol–water partition coefficient (Wildman–Crippen LogP) is 6.29. The van der Waals surface area contributed by atoms with Crippen LogP contribution in [0.2, 0.25) is 0 Å². The second kappa shape index (κ2) is 8.13. The summed E-state index contributed by atoms with van der Waals surface area (Å²) < 4.78 is 8.53. The highest BCUT2D eigenvalue weighted by Gasteiger charge is 2.20. The number of nitroso groups, excluding NO2 is 1. The zero-order chi connectivity index (χ0) is 19.6. The van der Waals surface area contributed by atoms with Crippen LogP contribution in [0.15, 0.2) is 46.0 Å². The van der Waals surface area contributed by atoms with Crippen LogP contribution in [0.5, 0.6) is 11.6 Å². The molecule has 5 nitrogen and oxygen atoms in total. The molecule has 0 atom stereocenters. The average Bonchev–Trinajstić information content (AvgIpc) is 2.87. The molecule has 0 saturated heterocycles. The van der Waals surface area contributed by atoms with Crippen LogP contribution in [0.25, 0.3) is 10.9 Å². The quantitative estimate of drug-likeness (QED) is 0.447. The van der Waals surface area contributed by atoms with Gasteiger partial charge in [-0.2, -0.15) is 0 Å². The first-order chi connectivity index (χ1) is 12.9. The maximum absolute atomic E-state index is 11.3. The number of aromatic nitrogens is 1. The monoisotopic (exact) mass is 430 g/mol. The maximum Gasteiger partial charge on any atom is 0.222 e. The van der Waals surface area contributed by atoms with Gasteiger partial charge in [0.05, 0.1) is 18.7 Å². The van der Waals surface area contributed by atoms with Gasteiger partial charge in [-0.3, -0.25) is 0 Å². The van der Waals surface area contributed by atoms with E-state index in [4.69, 9.17) is 4.74 Å². The molecule has 0 unspecified atom stereocenters. The third-order valence-electron chi connectivity index (χ3n) is 4.60. The van der Waals surface area contributed by atoms with E-state index in [2.05, 4.69) is 35.0 Å². The molecule has 27 heavy (non-hydrogen) atoms. The van der Waals surface area contributed by atoms with Gasteiger partial charge in [0.1, 0.15) is 5.75 Å². The lowest BCUT2D eigenvalue weighted by Crippen LogP contribution is -2.06. The summed E-state index contributed by atoms with van der Waals surface area (Å²) >= 11 is 3.44. The Bertz CT molecular complexity index is 979. The Morgan fingerprint density at radius 3 is 2.70 bits per heavy atom. The molecular weight excluding hydrogens is 408 g/mol. The van der Waals surface area contributed by atoms with E-state index < -0.39 is 0 Å². The highest BCUT2D eigenvalue weighted by molar-refractivity contribution is 9.10. The van der Waals surface area contributed by atoms with Crippen molar-refractivity contribution in [3.8, 4) is 11.6 Å². The van der Waals surface area contributed by atoms with E-state index in [0.29, 0.717) is 24.5 Å². The summed E-state index contributed by atoms with van der Waals surface area (Å²) in [5, 5.41) is 14.3. The van der Waals surface area contributed by atoms with Gasteiger partial charge in [-0.15, -0.1) is 4.91 Å². The first-order valence-electron chi connectivity index (χ1n) is 8.97. The highest BCUT2D eigenvalue weighted by atomic mass is 79.9. The lowest BCUT2D eigenvalue weighted by molar-refractivity contribution is 0.286. The largest absolute Gasteiger partial charge is 0.493 e. The zero-order valence-electron chi connectivity index (χ0n) is 15.7. The van der Waals surface area contributed by atoms with Gasteiger partial charge in [0.2, 0.25) is 5.88 Å². The molecule has 0 aliphatic rings. The number of nitrogens with zero attached hydrogens (tertiary/aromatic N) is 2. The Labute approximate surface area is 167 Å². The summed E-state index contributed by atoms with van der Waals surface area (Å²) in [4.78, 5) is 11.3. The standard InChI is InChI=1S/C21H23BrN2O3/c1-13(2)8-9-27-18-7-5-4-6-15(18)12-24-20-14(3)10-16(22)11-17(20)19(23-26)21(24)25/h4-7,10-11,13,25H,8-9,12H2,1-3H3. The number of fused-ring (bicyclic) bond motifs is 1. The van der Waals surface area contributed by atoms with Crippen molar-refractivity contribution in [2.24, 2.45) is 11.1 Å². The first-order valence-corrected chi connectivity index (χ1v) is 9.77. The van der Waals surface area contributed by atoms with Gasteiger partial charge in [-0.1, -0.05) is 48.0 Å². The number of aryl methyl sites for hydroxylation is 1. The third kappa shape index (κ3) is 4.00. The number of hydrogen-bond donors (Lipinski definition) is 1. The maximum atomic E-state index is 11.3. The van der Waals surface area contributed by atoms with Crippen LogP contribution in [0.1, 0.15) is 31.4 Å². The number of para-hydroxylation sites is 1. The lowest BCUT2D eigenvalue weighted by atomic mass is 10.1. The van der Waals surface area contributed by atoms with Crippen molar-refractivity contribution in [3.63, 3.8) is 0 Å². The number of benzene rings is 2. The minimum atomic E-state index is -0.127. The number of rotatable bonds is 7. The van der Waals surface area contributed by atoms with Crippen LogP contribution in [0.4, 0.5) is 5.69 Å². The van der Waals surface area contributed by atoms with E-state index in [0.717, 1.165) is 33.3 Å². The molecule has 0 spiro atoms. The molecule has 0 fully saturated rings. The Kier molecular flexibility index (Phi) is 5.85. The summed E-state index contributed by atoms with van der Waals surface area (Å²) in [5.74, 6) is 1.23. The van der Waals surface area contributed by atoms with E-state index >= 15 is 0 Å². The second-order valence-electron chi connectivity index (χ2n) is 7.11. The molecule has 0 saturated carbocycles. The van der Waals surface area contributed by atoms with E-state index in [1.807, 2.05) is 37.3 Å².